The lowest BCUT2D eigenvalue weighted by Crippen LogP contribution is -1.99. The maximum atomic E-state index is 8.68. The molecule has 0 radical (unpaired) electrons. The summed E-state index contributed by atoms with van der Waals surface area (Å²) >= 11 is 0. The van der Waals surface area contributed by atoms with Crippen molar-refractivity contribution in [1.29, 1.82) is 0 Å². The van der Waals surface area contributed by atoms with E-state index in [1.165, 1.54) is 0 Å². The Morgan fingerprint density at radius 1 is 1.12 bits per heavy atom. The second-order valence-electron chi connectivity index (χ2n) is 3.31. The summed E-state index contributed by atoms with van der Waals surface area (Å²) in [6.07, 6.45) is 1.72. The molecular weight excluding hydrogens is 202 g/mol. The molecule has 80 valence electrons. The van der Waals surface area contributed by atoms with E-state index in [0.717, 1.165) is 11.4 Å². The van der Waals surface area contributed by atoms with Crippen LogP contribution in [0.1, 0.15) is 12.6 Å². The van der Waals surface area contributed by atoms with Crippen LogP contribution in [0.4, 0.5) is 0 Å². The minimum atomic E-state index is 0.484. The lowest BCUT2D eigenvalue weighted by Gasteiger charge is -2.02. The van der Waals surface area contributed by atoms with E-state index in [0.29, 0.717) is 11.4 Å². The zero-order valence-corrected chi connectivity index (χ0v) is 8.83. The molecule has 0 spiro atoms. The quantitative estimate of drug-likeness (QED) is 0.473. The van der Waals surface area contributed by atoms with Crippen LogP contribution in [0, 0.1) is 0 Å². The molecule has 2 aromatic rings. The second-order valence-corrected chi connectivity index (χ2v) is 3.31. The van der Waals surface area contributed by atoms with Gasteiger partial charge in [-0.2, -0.15) is 0 Å². The van der Waals surface area contributed by atoms with Crippen LogP contribution in [0.3, 0.4) is 0 Å². The normalized spacial score (nSPS) is 11.4. The van der Waals surface area contributed by atoms with Gasteiger partial charge >= 0.3 is 0 Å². The third kappa shape index (κ3) is 2.06. The number of hydrogen-bond acceptors (Lipinski definition) is 4. The van der Waals surface area contributed by atoms with Gasteiger partial charge in [0.05, 0.1) is 17.1 Å². The first-order chi connectivity index (χ1) is 7.81. The average Bonchev–Trinajstić information content (AvgIpc) is 2.39. The fourth-order valence-corrected chi connectivity index (χ4v) is 1.34. The molecule has 2 aromatic heterocycles. The van der Waals surface area contributed by atoms with Crippen molar-refractivity contribution < 1.29 is 5.21 Å². The molecular formula is C12H11N3O. The van der Waals surface area contributed by atoms with Gasteiger partial charge in [0.15, 0.2) is 0 Å². The third-order valence-corrected chi connectivity index (χ3v) is 2.20. The summed E-state index contributed by atoms with van der Waals surface area (Å²) in [7, 11) is 0. The van der Waals surface area contributed by atoms with Crippen molar-refractivity contribution in [3.05, 3.63) is 48.3 Å². The van der Waals surface area contributed by atoms with Crippen LogP contribution in [-0.2, 0) is 0 Å². The molecule has 0 aliphatic heterocycles. The first-order valence-electron chi connectivity index (χ1n) is 4.89. The summed E-state index contributed by atoms with van der Waals surface area (Å²) < 4.78 is 0. The Hall–Kier alpha value is -2.23. The van der Waals surface area contributed by atoms with Crippen LogP contribution >= 0.6 is 0 Å². The highest BCUT2D eigenvalue weighted by Crippen LogP contribution is 2.13. The number of rotatable bonds is 2. The van der Waals surface area contributed by atoms with Crippen molar-refractivity contribution in [3.8, 4) is 11.4 Å². The molecule has 0 saturated heterocycles. The van der Waals surface area contributed by atoms with Gasteiger partial charge in [-0.25, -0.2) is 4.98 Å². The van der Waals surface area contributed by atoms with Crippen LogP contribution < -0.4 is 0 Å². The maximum Gasteiger partial charge on any atom is 0.102 e. The summed E-state index contributed by atoms with van der Waals surface area (Å²) in [6, 6.07) is 11.2. The predicted molar refractivity (Wildman–Crippen MR) is 61.5 cm³/mol. The first kappa shape index (κ1) is 10.3. The fraction of sp³-hybridized carbons (Fsp3) is 0.0833. The highest BCUT2D eigenvalue weighted by molar-refractivity contribution is 5.96. The second kappa shape index (κ2) is 4.53. The van der Waals surface area contributed by atoms with Gasteiger partial charge in [0, 0.05) is 6.20 Å². The Kier molecular flexibility index (Phi) is 2.91. The zero-order chi connectivity index (χ0) is 11.4. The molecule has 0 bridgehead atoms. The molecule has 0 saturated carbocycles. The smallest absolute Gasteiger partial charge is 0.102 e. The maximum absolute atomic E-state index is 8.68. The van der Waals surface area contributed by atoms with Gasteiger partial charge in [-0.15, -0.1) is 0 Å². The lowest BCUT2D eigenvalue weighted by atomic mass is 10.2. The van der Waals surface area contributed by atoms with Crippen LogP contribution in [-0.4, -0.2) is 20.9 Å². The van der Waals surface area contributed by atoms with E-state index in [1.807, 2.05) is 30.3 Å². The first-order valence-corrected chi connectivity index (χ1v) is 4.89. The molecule has 1 N–H and O–H groups in total. The van der Waals surface area contributed by atoms with Crippen molar-refractivity contribution in [3.63, 3.8) is 0 Å². The Morgan fingerprint density at radius 3 is 2.62 bits per heavy atom. The van der Waals surface area contributed by atoms with E-state index in [1.54, 1.807) is 19.2 Å². The van der Waals surface area contributed by atoms with Crippen molar-refractivity contribution in [2.75, 3.05) is 0 Å². The highest BCUT2D eigenvalue weighted by atomic mass is 16.4. The summed E-state index contributed by atoms with van der Waals surface area (Å²) in [6.45, 7) is 1.70. The van der Waals surface area contributed by atoms with E-state index < -0.39 is 0 Å². The van der Waals surface area contributed by atoms with Crippen molar-refractivity contribution in [1.82, 2.24) is 9.97 Å². The molecule has 0 fully saturated rings. The predicted octanol–water partition coefficient (Wildman–Crippen LogP) is 2.34. The molecule has 0 aliphatic carbocycles. The lowest BCUT2D eigenvalue weighted by molar-refractivity contribution is 0.319. The molecule has 0 unspecified atom stereocenters. The van der Waals surface area contributed by atoms with Crippen molar-refractivity contribution in [2.45, 2.75) is 6.92 Å². The van der Waals surface area contributed by atoms with Crippen molar-refractivity contribution >= 4 is 5.71 Å². The van der Waals surface area contributed by atoms with Gasteiger partial charge in [-0.1, -0.05) is 17.3 Å². The largest absolute Gasteiger partial charge is 0.411 e. The number of oxime groups is 1. The highest BCUT2D eigenvalue weighted by Gasteiger charge is 2.03. The van der Waals surface area contributed by atoms with E-state index in [2.05, 4.69) is 15.1 Å². The number of hydrogen-bond donors (Lipinski definition) is 1. The Balaban J connectivity index is 2.44. The number of nitrogens with zero attached hydrogens (tertiary/aromatic N) is 3. The molecule has 2 heterocycles. The van der Waals surface area contributed by atoms with Crippen molar-refractivity contribution in [2.24, 2.45) is 5.16 Å². The van der Waals surface area contributed by atoms with Gasteiger partial charge in [0.1, 0.15) is 5.71 Å². The summed E-state index contributed by atoms with van der Waals surface area (Å²) in [5, 5.41) is 11.8. The standard InChI is InChI=1S/C12H11N3O/c1-9(15-16)10-6-4-7-12(14-10)11-5-2-3-8-13-11/h2-8,16H,1H3/b15-9-. The summed E-state index contributed by atoms with van der Waals surface area (Å²) in [5.41, 5.74) is 2.69. The van der Waals surface area contributed by atoms with E-state index in [9.17, 15) is 0 Å². The minimum Gasteiger partial charge on any atom is -0.411 e. The molecule has 0 aromatic carbocycles. The minimum absolute atomic E-state index is 0.484. The van der Waals surface area contributed by atoms with Gasteiger partial charge in [-0.3, -0.25) is 4.98 Å². The number of aromatic nitrogens is 2. The van der Waals surface area contributed by atoms with E-state index in [-0.39, 0.29) is 0 Å². The Labute approximate surface area is 93.3 Å². The summed E-state index contributed by atoms with van der Waals surface area (Å²) in [5.74, 6) is 0. The summed E-state index contributed by atoms with van der Waals surface area (Å²) in [4.78, 5) is 8.57. The van der Waals surface area contributed by atoms with Gasteiger partial charge < -0.3 is 5.21 Å². The Morgan fingerprint density at radius 2 is 1.94 bits per heavy atom. The molecule has 0 aliphatic rings. The van der Waals surface area contributed by atoms with Crippen LogP contribution in [0.2, 0.25) is 0 Å². The Bertz CT molecular complexity index is 509. The topological polar surface area (TPSA) is 58.4 Å². The van der Waals surface area contributed by atoms with Gasteiger partial charge in [-0.05, 0) is 31.2 Å². The van der Waals surface area contributed by atoms with E-state index >= 15 is 0 Å². The average molecular weight is 213 g/mol. The molecule has 2 rings (SSSR count). The van der Waals surface area contributed by atoms with Gasteiger partial charge in [0.2, 0.25) is 0 Å². The molecule has 4 heteroatoms. The molecule has 0 atom stereocenters. The van der Waals surface area contributed by atoms with Crippen LogP contribution in [0.5, 0.6) is 0 Å². The van der Waals surface area contributed by atoms with Gasteiger partial charge in [0.25, 0.3) is 0 Å². The molecule has 4 nitrogen and oxygen atoms in total. The molecule has 16 heavy (non-hydrogen) atoms. The zero-order valence-electron chi connectivity index (χ0n) is 8.83. The SMILES string of the molecule is C/C(=N/O)c1cccc(-c2ccccn2)n1. The molecule has 0 amide bonds. The third-order valence-electron chi connectivity index (χ3n) is 2.20. The fourth-order valence-electron chi connectivity index (χ4n) is 1.34. The number of pyridine rings is 2. The van der Waals surface area contributed by atoms with Crippen LogP contribution in [0.15, 0.2) is 47.8 Å². The monoisotopic (exact) mass is 213 g/mol. The van der Waals surface area contributed by atoms with Crippen LogP contribution in [0.25, 0.3) is 11.4 Å². The van der Waals surface area contributed by atoms with E-state index in [4.69, 9.17) is 5.21 Å².